The van der Waals surface area contributed by atoms with Crippen molar-refractivity contribution in [1.82, 2.24) is 0 Å². The molecular weight excluding hydrogens is 292 g/mol. The summed E-state index contributed by atoms with van der Waals surface area (Å²) in [5.41, 5.74) is 3.76. The van der Waals surface area contributed by atoms with Gasteiger partial charge < -0.3 is 19.3 Å². The first-order valence-corrected chi connectivity index (χ1v) is 8.39. The molecular formula is C18H26N2O3+2. The van der Waals surface area contributed by atoms with E-state index in [0.717, 1.165) is 61.4 Å². The number of quaternary nitrogens is 2. The van der Waals surface area contributed by atoms with E-state index in [2.05, 4.69) is 19.1 Å². The number of hydrogen-bond donors (Lipinski definition) is 3. The summed E-state index contributed by atoms with van der Waals surface area (Å²) in [7, 11) is 0. The van der Waals surface area contributed by atoms with Crippen molar-refractivity contribution in [2.24, 2.45) is 0 Å². The Bertz CT molecular complexity index is 746. The third-order valence-corrected chi connectivity index (χ3v) is 4.83. The number of aliphatic hydroxyl groups excluding tert-OH is 1. The molecule has 5 nitrogen and oxygen atoms in total. The van der Waals surface area contributed by atoms with Crippen LogP contribution >= 0.6 is 0 Å². The van der Waals surface area contributed by atoms with E-state index in [1.54, 1.807) is 6.07 Å². The van der Waals surface area contributed by atoms with Crippen LogP contribution in [0.5, 0.6) is 0 Å². The van der Waals surface area contributed by atoms with Gasteiger partial charge >= 0.3 is 5.63 Å². The van der Waals surface area contributed by atoms with Crippen molar-refractivity contribution in [3.8, 4) is 0 Å². The van der Waals surface area contributed by atoms with Gasteiger partial charge in [0.2, 0.25) is 0 Å². The maximum absolute atomic E-state index is 11.9. The fourth-order valence-electron chi connectivity index (χ4n) is 3.64. The third kappa shape index (κ3) is 3.63. The van der Waals surface area contributed by atoms with Crippen molar-refractivity contribution in [2.75, 3.05) is 39.3 Å². The highest BCUT2D eigenvalue weighted by Gasteiger charge is 2.23. The molecule has 1 aromatic carbocycles. The Kier molecular flexibility index (Phi) is 4.80. The van der Waals surface area contributed by atoms with Crippen molar-refractivity contribution >= 4 is 11.0 Å². The Hall–Kier alpha value is -1.69. The molecule has 0 amide bonds. The Morgan fingerprint density at radius 3 is 2.48 bits per heavy atom. The number of aryl methyl sites for hydroxylation is 2. The first-order valence-electron chi connectivity index (χ1n) is 8.39. The summed E-state index contributed by atoms with van der Waals surface area (Å²) in [5, 5.41) is 10.1. The topological polar surface area (TPSA) is 59.3 Å². The van der Waals surface area contributed by atoms with Gasteiger partial charge in [-0.3, -0.25) is 0 Å². The minimum absolute atomic E-state index is 0.258. The van der Waals surface area contributed by atoms with E-state index in [9.17, 15) is 4.79 Å². The maximum atomic E-state index is 11.9. The second-order valence-corrected chi connectivity index (χ2v) is 6.70. The summed E-state index contributed by atoms with van der Waals surface area (Å²) in [6, 6.07) is 5.83. The number of aliphatic hydroxyl groups is 1. The molecule has 124 valence electrons. The van der Waals surface area contributed by atoms with E-state index in [4.69, 9.17) is 9.52 Å². The maximum Gasteiger partial charge on any atom is 0.336 e. The van der Waals surface area contributed by atoms with E-state index in [-0.39, 0.29) is 12.2 Å². The van der Waals surface area contributed by atoms with E-state index in [1.165, 1.54) is 15.4 Å². The predicted molar refractivity (Wildman–Crippen MR) is 89.0 cm³/mol. The van der Waals surface area contributed by atoms with Gasteiger partial charge in [0.25, 0.3) is 0 Å². The molecule has 3 N–H and O–H groups in total. The van der Waals surface area contributed by atoms with Gasteiger partial charge in [-0.15, -0.1) is 0 Å². The molecule has 2 aromatic rings. The minimum atomic E-state index is -0.261. The predicted octanol–water partition coefficient (Wildman–Crippen LogP) is -1.31. The van der Waals surface area contributed by atoms with E-state index >= 15 is 0 Å². The number of rotatable bonds is 4. The van der Waals surface area contributed by atoms with Gasteiger partial charge in [-0.2, -0.15) is 0 Å². The number of nitrogens with one attached hydrogen (secondary N) is 2. The van der Waals surface area contributed by atoms with Crippen LogP contribution in [0.25, 0.3) is 11.0 Å². The van der Waals surface area contributed by atoms with Crippen LogP contribution in [-0.2, 0) is 6.54 Å². The van der Waals surface area contributed by atoms with E-state index in [0.29, 0.717) is 0 Å². The zero-order valence-electron chi connectivity index (χ0n) is 13.9. The molecule has 1 aliphatic rings. The molecule has 23 heavy (non-hydrogen) atoms. The summed E-state index contributed by atoms with van der Waals surface area (Å²) >= 11 is 0. The average molecular weight is 318 g/mol. The van der Waals surface area contributed by atoms with E-state index in [1.807, 2.05) is 6.92 Å². The van der Waals surface area contributed by atoms with E-state index < -0.39 is 0 Å². The SMILES string of the molecule is Cc1cc(C)c2oc(=O)cc(C[NH+]3CC[NH+](CCO)CC3)c2c1. The molecule has 1 saturated heterocycles. The summed E-state index contributed by atoms with van der Waals surface area (Å²) in [6.45, 7) is 10.3. The second-order valence-electron chi connectivity index (χ2n) is 6.70. The molecule has 3 rings (SSSR count). The van der Waals surface area contributed by atoms with Gasteiger partial charge in [0.1, 0.15) is 44.9 Å². The molecule has 0 bridgehead atoms. The fraction of sp³-hybridized carbons (Fsp3) is 0.500. The lowest BCUT2D eigenvalue weighted by molar-refractivity contribution is -1.02. The van der Waals surface area contributed by atoms with Crippen molar-refractivity contribution in [2.45, 2.75) is 20.4 Å². The second kappa shape index (κ2) is 6.83. The molecule has 0 aliphatic carbocycles. The van der Waals surface area contributed by atoms with Crippen molar-refractivity contribution in [3.63, 3.8) is 0 Å². The quantitative estimate of drug-likeness (QED) is 0.613. The van der Waals surface area contributed by atoms with Gasteiger partial charge in [-0.05, 0) is 31.0 Å². The standard InChI is InChI=1S/C18H24N2O3/c1-13-9-14(2)18-16(10-13)15(11-17(22)23-18)12-20-5-3-19(4-6-20)7-8-21/h9-11,21H,3-8,12H2,1-2H3/p+2. The molecule has 1 aromatic heterocycles. The van der Waals surface area contributed by atoms with Crippen LogP contribution in [0.1, 0.15) is 16.7 Å². The van der Waals surface area contributed by atoms with Crippen LogP contribution in [0.3, 0.4) is 0 Å². The Balaban J connectivity index is 1.85. The molecule has 0 atom stereocenters. The summed E-state index contributed by atoms with van der Waals surface area (Å²) in [5.74, 6) is 0. The molecule has 1 fully saturated rings. The minimum Gasteiger partial charge on any atom is -0.422 e. The molecule has 2 heterocycles. The Morgan fingerprint density at radius 1 is 1.09 bits per heavy atom. The monoisotopic (exact) mass is 318 g/mol. The lowest BCUT2D eigenvalue weighted by Crippen LogP contribution is -3.27. The zero-order valence-corrected chi connectivity index (χ0v) is 13.9. The Morgan fingerprint density at radius 2 is 1.78 bits per heavy atom. The van der Waals surface area contributed by atoms with Gasteiger partial charge in [-0.1, -0.05) is 6.07 Å². The van der Waals surface area contributed by atoms with Gasteiger partial charge in [0.05, 0.1) is 6.61 Å². The number of fused-ring (bicyclic) bond motifs is 1. The van der Waals surface area contributed by atoms with Crippen LogP contribution in [0, 0.1) is 13.8 Å². The summed E-state index contributed by atoms with van der Waals surface area (Å²) in [4.78, 5) is 14.9. The lowest BCUT2D eigenvalue weighted by atomic mass is 10.0. The number of hydrogen-bond acceptors (Lipinski definition) is 3. The Labute approximate surface area is 136 Å². The van der Waals surface area contributed by atoms with Crippen molar-refractivity contribution in [3.05, 3.63) is 45.3 Å². The third-order valence-electron chi connectivity index (χ3n) is 4.83. The highest BCUT2D eigenvalue weighted by molar-refractivity contribution is 5.83. The number of piperazine rings is 1. The zero-order chi connectivity index (χ0) is 16.4. The molecule has 0 radical (unpaired) electrons. The molecule has 0 unspecified atom stereocenters. The summed E-state index contributed by atoms with van der Waals surface area (Å²) < 4.78 is 5.43. The highest BCUT2D eigenvalue weighted by atomic mass is 16.4. The lowest BCUT2D eigenvalue weighted by Gasteiger charge is -2.29. The van der Waals surface area contributed by atoms with Gasteiger partial charge in [0, 0.05) is 17.0 Å². The van der Waals surface area contributed by atoms with Gasteiger partial charge in [0.15, 0.2) is 0 Å². The van der Waals surface area contributed by atoms with Crippen LogP contribution < -0.4 is 15.4 Å². The number of benzene rings is 1. The molecule has 1 aliphatic heterocycles. The van der Waals surface area contributed by atoms with Crippen molar-refractivity contribution < 1.29 is 19.3 Å². The van der Waals surface area contributed by atoms with Gasteiger partial charge in [-0.25, -0.2) is 4.79 Å². The van der Waals surface area contributed by atoms with Crippen LogP contribution in [0.4, 0.5) is 0 Å². The van der Waals surface area contributed by atoms with Crippen LogP contribution in [-0.4, -0.2) is 44.4 Å². The molecule has 5 heteroatoms. The average Bonchev–Trinajstić information content (AvgIpc) is 2.51. The molecule has 0 saturated carbocycles. The van der Waals surface area contributed by atoms with Crippen LogP contribution in [0.15, 0.2) is 27.4 Å². The highest BCUT2D eigenvalue weighted by Crippen LogP contribution is 2.22. The summed E-state index contributed by atoms with van der Waals surface area (Å²) in [6.07, 6.45) is 0. The smallest absolute Gasteiger partial charge is 0.336 e. The first-order chi connectivity index (χ1) is 11.1. The fourth-order valence-corrected chi connectivity index (χ4v) is 3.64. The largest absolute Gasteiger partial charge is 0.422 e. The van der Waals surface area contributed by atoms with Crippen LogP contribution in [0.2, 0.25) is 0 Å². The normalized spacial score (nSPS) is 21.7. The van der Waals surface area contributed by atoms with Crippen molar-refractivity contribution in [1.29, 1.82) is 0 Å². The molecule has 0 spiro atoms. The first kappa shape index (κ1) is 16.2.